The van der Waals surface area contributed by atoms with Crippen molar-refractivity contribution < 1.29 is 4.79 Å². The average molecular weight is 295 g/mol. The van der Waals surface area contributed by atoms with E-state index in [9.17, 15) is 4.79 Å². The fraction of sp³-hybridized carbons (Fsp3) is 0.850. The van der Waals surface area contributed by atoms with Crippen LogP contribution in [-0.2, 0) is 4.79 Å². The Morgan fingerprint density at radius 1 is 0.952 bits per heavy atom. The molecule has 0 aliphatic rings. The Kier molecular flexibility index (Phi) is 6.48. The van der Waals surface area contributed by atoms with Crippen LogP contribution in [0.2, 0.25) is 0 Å². The first-order valence-electron chi connectivity index (χ1n) is 8.36. The van der Waals surface area contributed by atoms with Gasteiger partial charge in [-0.15, -0.1) is 0 Å². The van der Waals surface area contributed by atoms with Crippen LogP contribution in [0.15, 0.2) is 12.2 Å². The number of hydrogen-bond donors (Lipinski definition) is 0. The van der Waals surface area contributed by atoms with Gasteiger partial charge in [-0.3, -0.25) is 4.79 Å². The summed E-state index contributed by atoms with van der Waals surface area (Å²) in [6.07, 6.45) is 7.84. The Hall–Kier alpha value is -0.590. The lowest BCUT2D eigenvalue weighted by atomic mass is 9.58. The van der Waals surface area contributed by atoms with Gasteiger partial charge in [-0.2, -0.15) is 0 Å². The Balaban J connectivity index is 5.25. The van der Waals surface area contributed by atoms with Gasteiger partial charge in [-0.25, -0.2) is 0 Å². The Bertz CT molecular complexity index is 379. The van der Waals surface area contributed by atoms with Crippen LogP contribution in [0.4, 0.5) is 0 Å². The molecule has 1 nitrogen and oxygen atoms in total. The maximum atomic E-state index is 11.9. The second-order valence-electron chi connectivity index (χ2n) is 9.44. The third kappa shape index (κ3) is 5.96. The highest BCUT2D eigenvalue weighted by Crippen LogP contribution is 2.50. The van der Waals surface area contributed by atoms with Crippen molar-refractivity contribution in [2.45, 2.75) is 88.5 Å². The SMILES string of the molecule is CCC(C)(C=CCC(C)(C)C)C(C)(C)CC(C)(C)C(C)=O. The molecule has 1 unspecified atom stereocenters. The fourth-order valence-electron chi connectivity index (χ4n) is 2.93. The smallest absolute Gasteiger partial charge is 0.135 e. The highest BCUT2D eigenvalue weighted by atomic mass is 16.1. The molecule has 0 aromatic carbocycles. The molecule has 0 N–H and O–H groups in total. The summed E-state index contributed by atoms with van der Waals surface area (Å²) in [6, 6.07) is 0. The molecule has 0 radical (unpaired) electrons. The predicted molar refractivity (Wildman–Crippen MR) is 94.5 cm³/mol. The van der Waals surface area contributed by atoms with E-state index in [2.05, 4.69) is 74.5 Å². The van der Waals surface area contributed by atoms with Gasteiger partial charge in [0.2, 0.25) is 0 Å². The summed E-state index contributed by atoms with van der Waals surface area (Å²) in [6.45, 7) is 21.9. The van der Waals surface area contributed by atoms with Crippen molar-refractivity contribution in [3.05, 3.63) is 12.2 Å². The molecule has 0 amide bonds. The number of allylic oxidation sites excluding steroid dienone is 2. The van der Waals surface area contributed by atoms with Crippen molar-refractivity contribution in [1.29, 1.82) is 0 Å². The minimum atomic E-state index is -0.252. The van der Waals surface area contributed by atoms with Gasteiger partial charge >= 0.3 is 0 Å². The lowest BCUT2D eigenvalue weighted by Gasteiger charge is -2.46. The van der Waals surface area contributed by atoms with Crippen molar-refractivity contribution in [3.8, 4) is 0 Å². The highest BCUT2D eigenvalue weighted by Gasteiger charge is 2.42. The van der Waals surface area contributed by atoms with E-state index >= 15 is 0 Å². The molecule has 0 aromatic heterocycles. The zero-order valence-corrected chi connectivity index (χ0v) is 16.2. The number of carbonyl (C=O) groups excluding carboxylic acids is 1. The van der Waals surface area contributed by atoms with Gasteiger partial charge in [0.1, 0.15) is 5.78 Å². The molecular weight excluding hydrogens is 256 g/mol. The van der Waals surface area contributed by atoms with Gasteiger partial charge in [-0.1, -0.05) is 74.5 Å². The molecular formula is C20H38O. The molecule has 0 aromatic rings. The molecule has 0 spiro atoms. The molecule has 0 heterocycles. The predicted octanol–water partition coefficient (Wildman–Crippen LogP) is 6.43. The Labute approximate surface area is 133 Å². The zero-order valence-electron chi connectivity index (χ0n) is 16.2. The van der Waals surface area contributed by atoms with Gasteiger partial charge in [-0.05, 0) is 42.4 Å². The zero-order chi connectivity index (χ0) is 17.1. The van der Waals surface area contributed by atoms with Crippen LogP contribution in [0.5, 0.6) is 0 Å². The number of rotatable bonds is 7. The summed E-state index contributed by atoms with van der Waals surface area (Å²) in [4.78, 5) is 11.9. The highest BCUT2D eigenvalue weighted by molar-refractivity contribution is 5.81. The summed E-state index contributed by atoms with van der Waals surface area (Å²) < 4.78 is 0. The standard InChI is InChI=1S/C20H38O/c1-11-20(10,14-12-13-17(3,4)5)19(8,9)15-18(6,7)16(2)21/h12,14H,11,13,15H2,1-10H3. The first-order chi connectivity index (χ1) is 9.17. The van der Waals surface area contributed by atoms with Gasteiger partial charge < -0.3 is 0 Å². The van der Waals surface area contributed by atoms with Crippen molar-refractivity contribution in [2.24, 2.45) is 21.7 Å². The van der Waals surface area contributed by atoms with E-state index in [1.54, 1.807) is 6.92 Å². The molecule has 0 saturated heterocycles. The summed E-state index contributed by atoms with van der Waals surface area (Å²) in [5, 5.41) is 0. The maximum absolute atomic E-state index is 11.9. The monoisotopic (exact) mass is 294 g/mol. The molecule has 0 aliphatic heterocycles. The van der Waals surface area contributed by atoms with Crippen LogP contribution in [-0.4, -0.2) is 5.78 Å². The Morgan fingerprint density at radius 2 is 1.43 bits per heavy atom. The molecule has 0 saturated carbocycles. The quantitative estimate of drug-likeness (QED) is 0.495. The average Bonchev–Trinajstić information content (AvgIpc) is 2.25. The Morgan fingerprint density at radius 3 is 1.76 bits per heavy atom. The lowest BCUT2D eigenvalue weighted by molar-refractivity contribution is -0.127. The normalized spacial score (nSPS) is 17.0. The van der Waals surface area contributed by atoms with Gasteiger partial charge in [0.15, 0.2) is 0 Å². The summed E-state index contributed by atoms with van der Waals surface area (Å²) in [5.74, 6) is 0.285. The minimum Gasteiger partial charge on any atom is -0.299 e. The van der Waals surface area contributed by atoms with E-state index in [1.807, 2.05) is 0 Å². The van der Waals surface area contributed by atoms with Crippen molar-refractivity contribution >= 4 is 5.78 Å². The molecule has 0 aliphatic carbocycles. The molecule has 1 atom stereocenters. The van der Waals surface area contributed by atoms with Gasteiger partial charge in [0.05, 0.1) is 0 Å². The second kappa shape index (κ2) is 6.67. The number of ketones is 1. The largest absolute Gasteiger partial charge is 0.299 e. The van der Waals surface area contributed by atoms with Crippen LogP contribution < -0.4 is 0 Å². The minimum absolute atomic E-state index is 0.0886. The first kappa shape index (κ1) is 20.4. The summed E-state index contributed by atoms with van der Waals surface area (Å²) in [5.41, 5.74) is 0.280. The molecule has 0 fully saturated rings. The fourth-order valence-corrected chi connectivity index (χ4v) is 2.93. The topological polar surface area (TPSA) is 17.1 Å². The van der Waals surface area contributed by atoms with Crippen LogP contribution in [0.3, 0.4) is 0 Å². The van der Waals surface area contributed by atoms with E-state index in [4.69, 9.17) is 0 Å². The molecule has 21 heavy (non-hydrogen) atoms. The third-order valence-electron chi connectivity index (χ3n) is 5.33. The van der Waals surface area contributed by atoms with Crippen LogP contribution in [0, 0.1) is 21.7 Å². The molecule has 0 rings (SSSR count). The number of hydrogen-bond acceptors (Lipinski definition) is 1. The van der Waals surface area contributed by atoms with Gasteiger partial charge in [0, 0.05) is 5.41 Å². The van der Waals surface area contributed by atoms with E-state index in [0.717, 1.165) is 19.3 Å². The summed E-state index contributed by atoms with van der Waals surface area (Å²) in [7, 11) is 0. The molecule has 0 bridgehead atoms. The maximum Gasteiger partial charge on any atom is 0.135 e. The summed E-state index contributed by atoms with van der Waals surface area (Å²) >= 11 is 0. The van der Waals surface area contributed by atoms with E-state index in [0.29, 0.717) is 5.41 Å². The molecule has 124 valence electrons. The van der Waals surface area contributed by atoms with E-state index < -0.39 is 0 Å². The molecule has 1 heteroatoms. The lowest BCUT2D eigenvalue weighted by Crippen LogP contribution is -2.39. The van der Waals surface area contributed by atoms with E-state index in [1.165, 1.54) is 0 Å². The van der Waals surface area contributed by atoms with Crippen molar-refractivity contribution in [3.63, 3.8) is 0 Å². The van der Waals surface area contributed by atoms with Gasteiger partial charge in [0.25, 0.3) is 0 Å². The number of Topliss-reactive ketones (excluding diaryl/α,β-unsaturated/α-hetero) is 1. The van der Waals surface area contributed by atoms with E-state index in [-0.39, 0.29) is 22.0 Å². The third-order valence-corrected chi connectivity index (χ3v) is 5.33. The van der Waals surface area contributed by atoms with Crippen molar-refractivity contribution in [1.82, 2.24) is 0 Å². The van der Waals surface area contributed by atoms with Crippen molar-refractivity contribution in [2.75, 3.05) is 0 Å². The van der Waals surface area contributed by atoms with Crippen LogP contribution >= 0.6 is 0 Å². The van der Waals surface area contributed by atoms with Crippen LogP contribution in [0.1, 0.15) is 88.5 Å². The van der Waals surface area contributed by atoms with Crippen LogP contribution in [0.25, 0.3) is 0 Å². The number of carbonyl (C=O) groups is 1. The second-order valence-corrected chi connectivity index (χ2v) is 9.44. The first-order valence-corrected chi connectivity index (χ1v) is 8.36.